The highest BCUT2D eigenvalue weighted by Crippen LogP contribution is 2.30. The Morgan fingerprint density at radius 3 is 2.61 bits per heavy atom. The number of benzene rings is 1. The summed E-state index contributed by atoms with van der Waals surface area (Å²) in [7, 11) is 0. The average molecular weight is 273 g/mol. The van der Waals surface area contributed by atoms with Crippen molar-refractivity contribution in [2.75, 3.05) is 26.2 Å². The number of hydrogen-bond donors (Lipinski definition) is 1. The molecule has 0 aromatic heterocycles. The van der Waals surface area contributed by atoms with E-state index in [9.17, 15) is 8.78 Å². The number of piperazine rings is 1. The van der Waals surface area contributed by atoms with Gasteiger partial charge in [-0.25, -0.2) is 8.78 Å². The molecule has 0 unspecified atom stereocenters. The second-order valence-electron chi connectivity index (χ2n) is 4.22. The van der Waals surface area contributed by atoms with Gasteiger partial charge in [0, 0.05) is 31.7 Å². The van der Waals surface area contributed by atoms with Crippen molar-refractivity contribution in [3.63, 3.8) is 0 Å². The smallest absolute Gasteiger partial charge is 0.149 e. The van der Waals surface area contributed by atoms with E-state index in [0.717, 1.165) is 26.2 Å². The predicted molar refractivity (Wildman–Crippen MR) is 68.7 cm³/mol. The first-order valence-electron chi connectivity index (χ1n) is 5.86. The van der Waals surface area contributed by atoms with Crippen LogP contribution in [-0.4, -0.2) is 31.1 Å². The second-order valence-corrected chi connectivity index (χ2v) is 4.63. The van der Waals surface area contributed by atoms with E-state index in [1.807, 2.05) is 4.90 Å². The summed E-state index contributed by atoms with van der Waals surface area (Å²) < 4.78 is 27.8. The first kappa shape index (κ1) is 13.5. The van der Waals surface area contributed by atoms with Gasteiger partial charge in [-0.3, -0.25) is 4.90 Å². The standard InChI is InChI=1S/C13H15ClF2N2/c1-2-11(18-7-5-17-6-8-18)12-10(15)4-3-9(14)13(12)16/h2-4,11,17H,1,5-8H2/t11-/m1/s1. The van der Waals surface area contributed by atoms with Gasteiger partial charge in [-0.05, 0) is 12.1 Å². The van der Waals surface area contributed by atoms with E-state index in [1.54, 1.807) is 6.08 Å². The van der Waals surface area contributed by atoms with Crippen LogP contribution < -0.4 is 5.32 Å². The summed E-state index contributed by atoms with van der Waals surface area (Å²) in [5, 5.41) is 3.13. The lowest BCUT2D eigenvalue weighted by Crippen LogP contribution is -2.45. The van der Waals surface area contributed by atoms with Crippen molar-refractivity contribution in [1.29, 1.82) is 0 Å². The molecule has 1 fully saturated rings. The Bertz CT molecular complexity index is 445. The van der Waals surface area contributed by atoms with Gasteiger partial charge < -0.3 is 5.32 Å². The fraction of sp³-hybridized carbons (Fsp3) is 0.385. The fourth-order valence-corrected chi connectivity index (χ4v) is 2.39. The topological polar surface area (TPSA) is 15.3 Å². The predicted octanol–water partition coefficient (Wildman–Crippen LogP) is 2.75. The lowest BCUT2D eigenvalue weighted by molar-refractivity contribution is 0.197. The van der Waals surface area contributed by atoms with Crippen LogP contribution in [0.3, 0.4) is 0 Å². The molecule has 0 bridgehead atoms. The minimum Gasteiger partial charge on any atom is -0.314 e. The van der Waals surface area contributed by atoms with E-state index >= 15 is 0 Å². The van der Waals surface area contributed by atoms with Crippen molar-refractivity contribution in [1.82, 2.24) is 10.2 Å². The van der Waals surface area contributed by atoms with Gasteiger partial charge in [-0.1, -0.05) is 17.7 Å². The Morgan fingerprint density at radius 1 is 1.33 bits per heavy atom. The van der Waals surface area contributed by atoms with Crippen LogP contribution in [-0.2, 0) is 0 Å². The fourth-order valence-electron chi connectivity index (χ4n) is 2.22. The quantitative estimate of drug-likeness (QED) is 0.672. The maximum absolute atomic E-state index is 14.0. The van der Waals surface area contributed by atoms with Crippen LogP contribution in [0.1, 0.15) is 11.6 Å². The zero-order valence-corrected chi connectivity index (χ0v) is 10.7. The number of halogens is 3. The molecule has 1 aromatic carbocycles. The summed E-state index contributed by atoms with van der Waals surface area (Å²) in [6.07, 6.45) is 1.56. The third kappa shape index (κ3) is 2.55. The minimum atomic E-state index is -0.694. The van der Waals surface area contributed by atoms with E-state index in [1.165, 1.54) is 12.1 Å². The van der Waals surface area contributed by atoms with Gasteiger partial charge in [0.2, 0.25) is 0 Å². The Labute approximate surface area is 110 Å². The Kier molecular flexibility index (Phi) is 4.32. The zero-order chi connectivity index (χ0) is 13.1. The zero-order valence-electron chi connectivity index (χ0n) is 9.93. The normalized spacial score (nSPS) is 18.6. The molecule has 1 atom stereocenters. The largest absolute Gasteiger partial charge is 0.314 e. The molecule has 98 valence electrons. The first-order valence-corrected chi connectivity index (χ1v) is 6.23. The van der Waals surface area contributed by atoms with Crippen LogP contribution in [0.25, 0.3) is 0 Å². The lowest BCUT2D eigenvalue weighted by Gasteiger charge is -2.33. The Balaban J connectivity index is 2.37. The number of nitrogens with zero attached hydrogens (tertiary/aromatic N) is 1. The molecular weight excluding hydrogens is 258 g/mol. The summed E-state index contributed by atoms with van der Waals surface area (Å²) in [5.41, 5.74) is -0.0144. The maximum atomic E-state index is 14.0. The first-order chi connectivity index (χ1) is 8.65. The lowest BCUT2D eigenvalue weighted by atomic mass is 10.0. The van der Waals surface area contributed by atoms with Crippen LogP contribution in [0.5, 0.6) is 0 Å². The average Bonchev–Trinajstić information content (AvgIpc) is 2.40. The third-order valence-electron chi connectivity index (χ3n) is 3.14. The summed E-state index contributed by atoms with van der Waals surface area (Å²) in [4.78, 5) is 1.99. The molecule has 1 saturated heterocycles. The van der Waals surface area contributed by atoms with Crippen molar-refractivity contribution in [3.8, 4) is 0 Å². The van der Waals surface area contributed by atoms with Crippen LogP contribution in [0.15, 0.2) is 24.8 Å². The molecule has 0 saturated carbocycles. The summed E-state index contributed by atoms with van der Waals surface area (Å²) >= 11 is 5.72. The van der Waals surface area contributed by atoms with Crippen molar-refractivity contribution in [2.45, 2.75) is 6.04 Å². The van der Waals surface area contributed by atoms with Crippen LogP contribution >= 0.6 is 11.6 Å². The van der Waals surface area contributed by atoms with Gasteiger partial charge in [0.05, 0.1) is 11.1 Å². The van der Waals surface area contributed by atoms with Gasteiger partial charge >= 0.3 is 0 Å². The highest BCUT2D eigenvalue weighted by Gasteiger charge is 2.26. The molecule has 1 aromatic rings. The van der Waals surface area contributed by atoms with Crippen molar-refractivity contribution < 1.29 is 8.78 Å². The van der Waals surface area contributed by atoms with Crippen LogP contribution in [0.4, 0.5) is 8.78 Å². The molecule has 5 heteroatoms. The van der Waals surface area contributed by atoms with Crippen LogP contribution in [0.2, 0.25) is 5.02 Å². The number of rotatable bonds is 3. The van der Waals surface area contributed by atoms with Crippen molar-refractivity contribution >= 4 is 11.6 Å². The molecule has 0 amide bonds. The maximum Gasteiger partial charge on any atom is 0.149 e. The minimum absolute atomic E-state index is 0.0144. The van der Waals surface area contributed by atoms with Gasteiger partial charge in [0.25, 0.3) is 0 Å². The summed E-state index contributed by atoms with van der Waals surface area (Å²) in [6, 6.07) is 1.94. The SMILES string of the molecule is C=C[C@H](c1c(F)ccc(Cl)c1F)N1CCNCC1. The molecule has 0 aliphatic carbocycles. The summed E-state index contributed by atoms with van der Waals surface area (Å²) in [6.45, 7) is 6.73. The molecule has 1 aliphatic heterocycles. The van der Waals surface area contributed by atoms with E-state index in [2.05, 4.69) is 11.9 Å². The molecule has 1 N–H and O–H groups in total. The molecule has 0 spiro atoms. The van der Waals surface area contributed by atoms with Crippen molar-refractivity contribution in [2.24, 2.45) is 0 Å². The highest BCUT2D eigenvalue weighted by atomic mass is 35.5. The summed E-state index contributed by atoms with van der Waals surface area (Å²) in [5.74, 6) is -1.28. The highest BCUT2D eigenvalue weighted by molar-refractivity contribution is 6.30. The Hall–Kier alpha value is -0.970. The molecular formula is C13H15ClF2N2. The third-order valence-corrected chi connectivity index (χ3v) is 3.44. The number of hydrogen-bond acceptors (Lipinski definition) is 2. The van der Waals surface area contributed by atoms with E-state index in [-0.39, 0.29) is 10.6 Å². The van der Waals surface area contributed by atoms with E-state index in [4.69, 9.17) is 11.6 Å². The van der Waals surface area contributed by atoms with Crippen LogP contribution in [0, 0.1) is 11.6 Å². The van der Waals surface area contributed by atoms with Gasteiger partial charge in [-0.15, -0.1) is 6.58 Å². The molecule has 0 radical (unpaired) electrons. The monoisotopic (exact) mass is 272 g/mol. The molecule has 1 aliphatic rings. The van der Waals surface area contributed by atoms with Crippen molar-refractivity contribution in [3.05, 3.63) is 47.0 Å². The molecule has 18 heavy (non-hydrogen) atoms. The number of nitrogens with one attached hydrogen (secondary N) is 1. The molecule has 1 heterocycles. The van der Waals surface area contributed by atoms with E-state index < -0.39 is 17.7 Å². The molecule has 2 rings (SSSR count). The van der Waals surface area contributed by atoms with Gasteiger partial charge in [-0.2, -0.15) is 0 Å². The van der Waals surface area contributed by atoms with E-state index in [0.29, 0.717) is 0 Å². The Morgan fingerprint density at radius 2 is 2.00 bits per heavy atom. The molecule has 2 nitrogen and oxygen atoms in total. The van der Waals surface area contributed by atoms with Gasteiger partial charge in [0.1, 0.15) is 11.6 Å². The second kappa shape index (κ2) is 5.78. The van der Waals surface area contributed by atoms with Gasteiger partial charge in [0.15, 0.2) is 0 Å².